The lowest BCUT2D eigenvalue weighted by molar-refractivity contribution is 0.0287. The Labute approximate surface area is 142 Å². The molecule has 0 spiro atoms. The highest BCUT2D eigenvalue weighted by Gasteiger charge is 2.37. The molecule has 1 aromatic rings. The van der Waals surface area contributed by atoms with E-state index in [0.29, 0.717) is 6.04 Å². The quantitative estimate of drug-likeness (QED) is 0.749. The Balaban J connectivity index is 1.83. The van der Waals surface area contributed by atoms with Crippen molar-refractivity contribution in [2.45, 2.75) is 50.6 Å². The minimum atomic E-state index is 0.397. The number of rotatable bonds is 3. The average molecular weight is 422 g/mol. The number of halogens is 2. The highest BCUT2D eigenvalue weighted by atomic mass is 79.9. The summed E-state index contributed by atoms with van der Waals surface area (Å²) in [4.78, 5) is 4.12. The van der Waals surface area contributed by atoms with Crippen LogP contribution in [0.25, 0.3) is 0 Å². The first-order valence-electron chi connectivity index (χ1n) is 7.61. The zero-order chi connectivity index (χ0) is 14.1. The molecule has 2 heterocycles. The second-order valence-electron chi connectivity index (χ2n) is 6.01. The standard InChI is InChI=1S/C15H22Br2N2S/c16-11-8-14(20-15(11)17)13(9-18)19-7-3-5-10-4-1-2-6-12(10)19/h8,10,12-13H,1-7,9,18H2. The van der Waals surface area contributed by atoms with Gasteiger partial charge in [0.2, 0.25) is 0 Å². The summed E-state index contributed by atoms with van der Waals surface area (Å²) in [6.07, 6.45) is 8.39. The van der Waals surface area contributed by atoms with Gasteiger partial charge in [-0.25, -0.2) is 0 Å². The summed E-state index contributed by atoms with van der Waals surface area (Å²) >= 11 is 9.06. The van der Waals surface area contributed by atoms with E-state index in [4.69, 9.17) is 5.73 Å². The average Bonchev–Trinajstić information content (AvgIpc) is 2.79. The first-order valence-corrected chi connectivity index (χ1v) is 10.0. The molecule has 3 unspecified atom stereocenters. The summed E-state index contributed by atoms with van der Waals surface area (Å²) in [6.45, 7) is 1.94. The van der Waals surface area contributed by atoms with Crippen molar-refractivity contribution in [3.05, 3.63) is 19.2 Å². The van der Waals surface area contributed by atoms with Crippen LogP contribution >= 0.6 is 43.2 Å². The van der Waals surface area contributed by atoms with E-state index in [1.54, 1.807) is 0 Å². The van der Waals surface area contributed by atoms with E-state index in [2.05, 4.69) is 42.8 Å². The SMILES string of the molecule is NCC(c1cc(Br)c(Br)s1)N1CCCC2CCCCC21. The van der Waals surface area contributed by atoms with E-state index in [1.165, 1.54) is 53.7 Å². The molecule has 1 aliphatic carbocycles. The first kappa shape index (κ1) is 15.5. The van der Waals surface area contributed by atoms with E-state index in [0.717, 1.165) is 23.0 Å². The highest BCUT2D eigenvalue weighted by molar-refractivity contribution is 9.13. The fourth-order valence-corrected chi connectivity index (χ4v) is 6.22. The molecule has 20 heavy (non-hydrogen) atoms. The topological polar surface area (TPSA) is 29.3 Å². The largest absolute Gasteiger partial charge is 0.329 e. The number of likely N-dealkylation sites (tertiary alicyclic amines) is 1. The number of hydrogen-bond acceptors (Lipinski definition) is 3. The van der Waals surface area contributed by atoms with Crippen LogP contribution in [0.2, 0.25) is 0 Å². The number of fused-ring (bicyclic) bond motifs is 1. The van der Waals surface area contributed by atoms with Gasteiger partial charge < -0.3 is 5.73 Å². The molecule has 0 bridgehead atoms. The van der Waals surface area contributed by atoms with E-state index in [9.17, 15) is 0 Å². The first-order chi connectivity index (χ1) is 9.70. The lowest BCUT2D eigenvalue weighted by Crippen LogP contribution is -2.49. The Morgan fingerprint density at radius 3 is 2.70 bits per heavy atom. The molecule has 2 fully saturated rings. The molecular weight excluding hydrogens is 400 g/mol. The summed E-state index contributed by atoms with van der Waals surface area (Å²) in [5.74, 6) is 0.915. The van der Waals surface area contributed by atoms with Gasteiger partial charge in [-0.3, -0.25) is 4.90 Å². The van der Waals surface area contributed by atoms with Crippen LogP contribution in [-0.2, 0) is 0 Å². The van der Waals surface area contributed by atoms with Crippen molar-refractivity contribution < 1.29 is 0 Å². The van der Waals surface area contributed by atoms with Gasteiger partial charge in [-0.15, -0.1) is 11.3 Å². The number of nitrogens with two attached hydrogens (primary N) is 1. The lowest BCUT2D eigenvalue weighted by atomic mass is 9.77. The molecule has 2 aliphatic rings. The third-order valence-electron chi connectivity index (χ3n) is 4.90. The van der Waals surface area contributed by atoms with Crippen molar-refractivity contribution in [2.75, 3.05) is 13.1 Å². The maximum absolute atomic E-state index is 6.15. The molecule has 0 aromatic carbocycles. The molecule has 1 aliphatic heterocycles. The molecule has 2 N–H and O–H groups in total. The third-order valence-corrected chi connectivity index (χ3v) is 8.26. The predicted molar refractivity (Wildman–Crippen MR) is 93.2 cm³/mol. The molecular formula is C15H22Br2N2S. The fraction of sp³-hybridized carbons (Fsp3) is 0.733. The highest BCUT2D eigenvalue weighted by Crippen LogP contribution is 2.42. The zero-order valence-electron chi connectivity index (χ0n) is 11.7. The van der Waals surface area contributed by atoms with Gasteiger partial charge in [0.15, 0.2) is 0 Å². The van der Waals surface area contributed by atoms with Crippen molar-refractivity contribution in [3.63, 3.8) is 0 Å². The number of piperidine rings is 1. The Morgan fingerprint density at radius 1 is 1.25 bits per heavy atom. The molecule has 0 radical (unpaired) electrons. The lowest BCUT2D eigenvalue weighted by Gasteiger charge is -2.47. The van der Waals surface area contributed by atoms with E-state index >= 15 is 0 Å². The van der Waals surface area contributed by atoms with Crippen LogP contribution in [0.5, 0.6) is 0 Å². The van der Waals surface area contributed by atoms with Gasteiger partial charge in [0, 0.05) is 21.9 Å². The zero-order valence-corrected chi connectivity index (χ0v) is 15.6. The van der Waals surface area contributed by atoms with Gasteiger partial charge in [-0.2, -0.15) is 0 Å². The van der Waals surface area contributed by atoms with Gasteiger partial charge >= 0.3 is 0 Å². The van der Waals surface area contributed by atoms with Crippen molar-refractivity contribution in [2.24, 2.45) is 11.7 Å². The summed E-state index contributed by atoms with van der Waals surface area (Å²) in [5.41, 5.74) is 6.15. The van der Waals surface area contributed by atoms with Crippen molar-refractivity contribution in [1.82, 2.24) is 4.90 Å². The monoisotopic (exact) mass is 420 g/mol. The maximum Gasteiger partial charge on any atom is 0.0843 e. The Bertz CT molecular complexity index is 441. The molecule has 5 heteroatoms. The van der Waals surface area contributed by atoms with E-state index < -0.39 is 0 Å². The minimum absolute atomic E-state index is 0.397. The normalized spacial score (nSPS) is 29.1. The molecule has 1 saturated heterocycles. The van der Waals surface area contributed by atoms with Gasteiger partial charge in [0.25, 0.3) is 0 Å². The van der Waals surface area contributed by atoms with Gasteiger partial charge in [0.1, 0.15) is 0 Å². The fourth-order valence-electron chi connectivity index (χ4n) is 3.99. The van der Waals surface area contributed by atoms with Crippen LogP contribution in [0, 0.1) is 5.92 Å². The summed E-state index contributed by atoms with van der Waals surface area (Å²) in [6, 6.07) is 3.41. The molecule has 1 aromatic heterocycles. The maximum atomic E-state index is 6.15. The van der Waals surface area contributed by atoms with E-state index in [-0.39, 0.29) is 0 Å². The van der Waals surface area contributed by atoms with Crippen LogP contribution in [0.3, 0.4) is 0 Å². The van der Waals surface area contributed by atoms with Crippen LogP contribution < -0.4 is 5.73 Å². The van der Waals surface area contributed by atoms with Crippen LogP contribution in [0.4, 0.5) is 0 Å². The second-order valence-corrected chi connectivity index (χ2v) is 9.27. The molecule has 3 rings (SSSR count). The molecule has 112 valence electrons. The van der Waals surface area contributed by atoms with Crippen LogP contribution in [0.15, 0.2) is 14.3 Å². The van der Waals surface area contributed by atoms with Gasteiger partial charge in [0.05, 0.1) is 9.83 Å². The number of hydrogen-bond donors (Lipinski definition) is 1. The molecule has 1 saturated carbocycles. The smallest absolute Gasteiger partial charge is 0.0843 e. The molecule has 0 amide bonds. The third kappa shape index (κ3) is 3.02. The van der Waals surface area contributed by atoms with Crippen molar-refractivity contribution in [1.29, 1.82) is 0 Å². The van der Waals surface area contributed by atoms with Crippen molar-refractivity contribution in [3.8, 4) is 0 Å². The van der Waals surface area contributed by atoms with Crippen LogP contribution in [0.1, 0.15) is 49.4 Å². The molecule has 2 nitrogen and oxygen atoms in total. The summed E-state index contributed by atoms with van der Waals surface area (Å²) in [7, 11) is 0. The summed E-state index contributed by atoms with van der Waals surface area (Å²) < 4.78 is 2.34. The Hall–Kier alpha value is 0.580. The second kappa shape index (κ2) is 6.78. The Kier molecular flexibility index (Phi) is 5.24. The number of thiophene rings is 1. The minimum Gasteiger partial charge on any atom is -0.329 e. The Morgan fingerprint density at radius 2 is 2.00 bits per heavy atom. The van der Waals surface area contributed by atoms with E-state index in [1.807, 2.05) is 11.3 Å². The van der Waals surface area contributed by atoms with Gasteiger partial charge in [-0.05, 0) is 76.1 Å². The summed E-state index contributed by atoms with van der Waals surface area (Å²) in [5, 5.41) is 0. The van der Waals surface area contributed by atoms with Crippen molar-refractivity contribution >= 4 is 43.2 Å². The molecule has 3 atom stereocenters. The predicted octanol–water partition coefficient (Wildman–Crippen LogP) is 4.93. The van der Waals surface area contributed by atoms with Crippen LogP contribution in [-0.4, -0.2) is 24.0 Å². The van der Waals surface area contributed by atoms with Gasteiger partial charge in [-0.1, -0.05) is 12.8 Å². The number of nitrogens with zero attached hydrogens (tertiary/aromatic N) is 1.